The zero-order valence-electron chi connectivity index (χ0n) is 15.0. The van der Waals surface area contributed by atoms with E-state index >= 15 is 0 Å². The molecule has 2 aromatic rings. The highest BCUT2D eigenvalue weighted by Crippen LogP contribution is 2.37. The van der Waals surface area contributed by atoms with Crippen molar-refractivity contribution in [3.05, 3.63) is 42.0 Å². The predicted molar refractivity (Wildman–Crippen MR) is 94.7 cm³/mol. The van der Waals surface area contributed by atoms with E-state index in [1.807, 2.05) is 36.0 Å². The summed E-state index contributed by atoms with van der Waals surface area (Å²) in [6, 6.07) is 5.29. The molecule has 1 N–H and O–H groups in total. The van der Waals surface area contributed by atoms with Crippen molar-refractivity contribution < 1.29 is 14.3 Å². The molecule has 1 fully saturated rings. The summed E-state index contributed by atoms with van der Waals surface area (Å²) in [6.45, 7) is 0. The van der Waals surface area contributed by atoms with Gasteiger partial charge in [0.25, 0.3) is 0 Å². The fourth-order valence-electron chi connectivity index (χ4n) is 3.52. The number of ether oxygens (including phenoxy) is 2. The van der Waals surface area contributed by atoms with E-state index in [2.05, 4.69) is 10.3 Å². The molecular weight excluding hydrogens is 318 g/mol. The number of nitrogens with zero attached hydrogens (tertiary/aromatic N) is 2. The maximum absolute atomic E-state index is 12.8. The number of carbonyl (C=O) groups is 1. The number of aryl methyl sites for hydroxylation is 1. The van der Waals surface area contributed by atoms with Crippen LogP contribution < -0.4 is 14.8 Å². The van der Waals surface area contributed by atoms with Crippen LogP contribution in [0.4, 0.5) is 0 Å². The molecule has 1 aromatic heterocycles. The van der Waals surface area contributed by atoms with Crippen molar-refractivity contribution in [3.8, 4) is 11.5 Å². The first-order chi connectivity index (χ1) is 12.2. The minimum Gasteiger partial charge on any atom is -0.493 e. The lowest BCUT2D eigenvalue weighted by molar-refractivity contribution is -0.125. The van der Waals surface area contributed by atoms with Crippen molar-refractivity contribution in [1.82, 2.24) is 14.9 Å². The number of carbonyl (C=O) groups excluding carboxylic acids is 1. The zero-order chi connectivity index (χ0) is 17.8. The average molecular weight is 343 g/mol. The van der Waals surface area contributed by atoms with Crippen molar-refractivity contribution in [3.63, 3.8) is 0 Å². The normalized spacial score (nSPS) is 15.8. The summed E-state index contributed by atoms with van der Waals surface area (Å²) in [7, 11) is 5.13. The van der Waals surface area contributed by atoms with E-state index < -0.39 is 6.04 Å². The molecule has 3 rings (SSSR count). The van der Waals surface area contributed by atoms with Crippen LogP contribution in [0.15, 0.2) is 30.6 Å². The van der Waals surface area contributed by atoms with Gasteiger partial charge in [0, 0.05) is 30.9 Å². The second-order valence-electron chi connectivity index (χ2n) is 6.40. The molecule has 0 bridgehead atoms. The fraction of sp³-hybridized carbons (Fsp3) is 0.474. The van der Waals surface area contributed by atoms with Gasteiger partial charge in [-0.15, -0.1) is 0 Å². The van der Waals surface area contributed by atoms with E-state index in [-0.39, 0.29) is 11.8 Å². The lowest BCUT2D eigenvalue weighted by Gasteiger charge is -2.23. The van der Waals surface area contributed by atoms with Crippen LogP contribution in [0.3, 0.4) is 0 Å². The highest BCUT2D eigenvalue weighted by molar-refractivity contribution is 5.80. The first-order valence-corrected chi connectivity index (χ1v) is 8.64. The molecule has 6 heteroatoms. The minimum atomic E-state index is -0.391. The number of imidazole rings is 1. The summed E-state index contributed by atoms with van der Waals surface area (Å²) in [5.74, 6) is 2.17. The van der Waals surface area contributed by atoms with E-state index in [9.17, 15) is 4.79 Å². The number of benzene rings is 1. The maximum atomic E-state index is 12.8. The molecular formula is C19H25N3O3. The second-order valence-corrected chi connectivity index (χ2v) is 6.40. The van der Waals surface area contributed by atoms with Gasteiger partial charge in [-0.25, -0.2) is 4.98 Å². The van der Waals surface area contributed by atoms with Gasteiger partial charge in [-0.1, -0.05) is 25.0 Å². The topological polar surface area (TPSA) is 65.4 Å². The SMILES string of the molecule is COc1cccc([C@@H](NC(=O)C2CCCC2)c2nccn2C)c1OC. The van der Waals surface area contributed by atoms with Crippen LogP contribution in [0.25, 0.3) is 0 Å². The third-order valence-corrected chi connectivity index (χ3v) is 4.87. The van der Waals surface area contributed by atoms with Crippen LogP contribution in [-0.4, -0.2) is 29.7 Å². The summed E-state index contributed by atoms with van der Waals surface area (Å²) in [6.07, 6.45) is 7.75. The molecule has 1 heterocycles. The van der Waals surface area contributed by atoms with Gasteiger partial charge < -0.3 is 19.4 Å². The Balaban J connectivity index is 2.00. The molecule has 1 amide bonds. The molecule has 6 nitrogen and oxygen atoms in total. The van der Waals surface area contributed by atoms with Crippen molar-refractivity contribution in [2.75, 3.05) is 14.2 Å². The Morgan fingerprint density at radius 1 is 1.28 bits per heavy atom. The maximum Gasteiger partial charge on any atom is 0.223 e. The van der Waals surface area contributed by atoms with E-state index in [0.29, 0.717) is 11.5 Å². The Morgan fingerprint density at radius 3 is 2.64 bits per heavy atom. The van der Waals surface area contributed by atoms with Gasteiger partial charge >= 0.3 is 0 Å². The van der Waals surface area contributed by atoms with Crippen molar-refractivity contribution in [1.29, 1.82) is 0 Å². The Hall–Kier alpha value is -2.50. The second kappa shape index (κ2) is 7.59. The summed E-state index contributed by atoms with van der Waals surface area (Å²) in [5.41, 5.74) is 0.836. The molecule has 1 aromatic carbocycles. The summed E-state index contributed by atoms with van der Waals surface area (Å²) in [4.78, 5) is 17.2. The number of hydrogen-bond acceptors (Lipinski definition) is 4. The molecule has 1 aliphatic carbocycles. The predicted octanol–water partition coefficient (Wildman–Crippen LogP) is 2.83. The Bertz CT molecular complexity index is 735. The van der Waals surface area contributed by atoms with Crippen LogP contribution in [0.1, 0.15) is 43.1 Å². The molecule has 1 saturated carbocycles. The monoisotopic (exact) mass is 343 g/mol. The number of methoxy groups -OCH3 is 2. The standard InChI is InChI=1S/C19H25N3O3/c1-22-12-11-20-18(22)16(21-19(23)13-7-4-5-8-13)14-9-6-10-15(24-2)17(14)25-3/h6,9-13,16H,4-5,7-8H2,1-3H3,(H,21,23)/t16-/m1/s1. The van der Waals surface area contributed by atoms with Crippen LogP contribution in [0.2, 0.25) is 0 Å². The number of rotatable bonds is 6. The van der Waals surface area contributed by atoms with Crippen LogP contribution >= 0.6 is 0 Å². The average Bonchev–Trinajstić information content (AvgIpc) is 3.30. The molecule has 25 heavy (non-hydrogen) atoms. The van der Waals surface area contributed by atoms with Gasteiger partial charge in [-0.05, 0) is 18.9 Å². The van der Waals surface area contributed by atoms with Gasteiger partial charge in [-0.3, -0.25) is 4.79 Å². The largest absolute Gasteiger partial charge is 0.493 e. The van der Waals surface area contributed by atoms with E-state index in [0.717, 1.165) is 37.1 Å². The summed E-state index contributed by atoms with van der Waals surface area (Å²) >= 11 is 0. The van der Waals surface area contributed by atoms with Crippen molar-refractivity contribution in [2.45, 2.75) is 31.7 Å². The van der Waals surface area contributed by atoms with E-state index in [1.165, 1.54) is 0 Å². The first-order valence-electron chi connectivity index (χ1n) is 8.64. The van der Waals surface area contributed by atoms with E-state index in [4.69, 9.17) is 9.47 Å². The van der Waals surface area contributed by atoms with Gasteiger partial charge in [0.1, 0.15) is 11.9 Å². The van der Waals surface area contributed by atoms with Crippen LogP contribution in [0, 0.1) is 5.92 Å². The third-order valence-electron chi connectivity index (χ3n) is 4.87. The van der Waals surface area contributed by atoms with Crippen molar-refractivity contribution in [2.24, 2.45) is 13.0 Å². The highest BCUT2D eigenvalue weighted by Gasteiger charge is 2.29. The molecule has 0 aliphatic heterocycles. The molecule has 1 atom stereocenters. The smallest absolute Gasteiger partial charge is 0.223 e. The quantitative estimate of drug-likeness (QED) is 0.876. The van der Waals surface area contributed by atoms with E-state index in [1.54, 1.807) is 20.4 Å². The lowest BCUT2D eigenvalue weighted by atomic mass is 10.0. The molecule has 1 aliphatic rings. The summed E-state index contributed by atoms with van der Waals surface area (Å²) < 4.78 is 12.9. The first kappa shape index (κ1) is 17.3. The molecule has 134 valence electrons. The zero-order valence-corrected chi connectivity index (χ0v) is 15.0. The van der Waals surface area contributed by atoms with Gasteiger partial charge in [0.05, 0.1) is 14.2 Å². The van der Waals surface area contributed by atoms with Gasteiger partial charge in [0.15, 0.2) is 11.5 Å². The number of aromatic nitrogens is 2. The molecule has 0 saturated heterocycles. The molecule has 0 unspecified atom stereocenters. The fourth-order valence-corrected chi connectivity index (χ4v) is 3.52. The highest BCUT2D eigenvalue weighted by atomic mass is 16.5. The Morgan fingerprint density at radius 2 is 2.04 bits per heavy atom. The van der Waals surface area contributed by atoms with Gasteiger partial charge in [0.2, 0.25) is 5.91 Å². The van der Waals surface area contributed by atoms with Crippen molar-refractivity contribution >= 4 is 5.91 Å². The number of amides is 1. The number of hydrogen-bond donors (Lipinski definition) is 1. The molecule has 0 radical (unpaired) electrons. The minimum absolute atomic E-state index is 0.0790. The molecule has 0 spiro atoms. The van der Waals surface area contributed by atoms with Crippen LogP contribution in [0.5, 0.6) is 11.5 Å². The Kier molecular flexibility index (Phi) is 5.26. The van der Waals surface area contributed by atoms with Gasteiger partial charge in [-0.2, -0.15) is 0 Å². The number of para-hydroxylation sites is 1. The summed E-state index contributed by atoms with van der Waals surface area (Å²) in [5, 5.41) is 3.19. The third kappa shape index (κ3) is 3.48. The number of nitrogens with one attached hydrogen (secondary N) is 1. The van der Waals surface area contributed by atoms with Crippen LogP contribution in [-0.2, 0) is 11.8 Å². The Labute approximate surface area is 148 Å². The lowest BCUT2D eigenvalue weighted by Crippen LogP contribution is -2.35.